The first-order chi connectivity index (χ1) is 9.93. The average molecular weight is 326 g/mol. The van der Waals surface area contributed by atoms with Crippen molar-refractivity contribution < 1.29 is 13.6 Å². The standard InChI is InChI=1S/C15H7Cl2F2NO/c16-12-4-1-8(5-13(12)17)15(21)11(7-20)10-3-2-9(18)6-14(10)19/h1-6,11H. The fourth-order valence-electron chi connectivity index (χ4n) is 1.82. The number of rotatable bonds is 3. The number of carbonyl (C=O) groups is 1. The van der Waals surface area contributed by atoms with E-state index < -0.39 is 23.3 Å². The third-order valence-corrected chi connectivity index (χ3v) is 3.61. The van der Waals surface area contributed by atoms with Gasteiger partial charge in [0.15, 0.2) is 5.78 Å². The van der Waals surface area contributed by atoms with Crippen LogP contribution in [0, 0.1) is 23.0 Å². The zero-order chi connectivity index (χ0) is 15.6. The van der Waals surface area contributed by atoms with Gasteiger partial charge in [0.25, 0.3) is 0 Å². The first kappa shape index (κ1) is 15.4. The molecule has 106 valence electrons. The largest absolute Gasteiger partial charge is 0.292 e. The summed E-state index contributed by atoms with van der Waals surface area (Å²) in [6, 6.07) is 8.52. The van der Waals surface area contributed by atoms with Gasteiger partial charge in [-0.3, -0.25) is 4.79 Å². The predicted molar refractivity (Wildman–Crippen MR) is 75.5 cm³/mol. The maximum Gasteiger partial charge on any atom is 0.184 e. The highest BCUT2D eigenvalue weighted by molar-refractivity contribution is 6.42. The van der Waals surface area contributed by atoms with Crippen molar-refractivity contribution in [2.24, 2.45) is 0 Å². The Bertz CT molecular complexity index is 756. The molecule has 2 nitrogen and oxygen atoms in total. The number of ketones is 1. The van der Waals surface area contributed by atoms with Crippen LogP contribution in [0.4, 0.5) is 8.78 Å². The summed E-state index contributed by atoms with van der Waals surface area (Å²) in [5.74, 6) is -3.76. The van der Waals surface area contributed by atoms with Crippen molar-refractivity contribution in [1.82, 2.24) is 0 Å². The molecular formula is C15H7Cl2F2NO. The molecule has 0 aliphatic rings. The van der Waals surface area contributed by atoms with Crippen molar-refractivity contribution in [3.05, 3.63) is 69.2 Å². The van der Waals surface area contributed by atoms with Crippen LogP contribution in [-0.4, -0.2) is 5.78 Å². The van der Waals surface area contributed by atoms with E-state index in [9.17, 15) is 13.6 Å². The number of nitrogens with zero attached hydrogens (tertiary/aromatic N) is 1. The van der Waals surface area contributed by atoms with Crippen molar-refractivity contribution in [1.29, 1.82) is 5.26 Å². The molecular weight excluding hydrogens is 319 g/mol. The molecule has 2 aromatic carbocycles. The molecule has 0 radical (unpaired) electrons. The molecule has 0 aromatic heterocycles. The van der Waals surface area contributed by atoms with Crippen LogP contribution >= 0.6 is 23.2 Å². The maximum absolute atomic E-state index is 13.7. The molecule has 0 saturated heterocycles. The lowest BCUT2D eigenvalue weighted by Gasteiger charge is -2.10. The second-order valence-corrected chi connectivity index (χ2v) is 5.04. The quantitative estimate of drug-likeness (QED) is 0.763. The van der Waals surface area contributed by atoms with E-state index in [1.807, 2.05) is 0 Å². The third kappa shape index (κ3) is 3.21. The monoisotopic (exact) mass is 325 g/mol. The van der Waals surface area contributed by atoms with E-state index in [1.54, 1.807) is 6.07 Å². The third-order valence-electron chi connectivity index (χ3n) is 2.87. The second-order valence-electron chi connectivity index (χ2n) is 4.22. The lowest BCUT2D eigenvalue weighted by Crippen LogP contribution is -2.13. The van der Waals surface area contributed by atoms with Gasteiger partial charge in [0.05, 0.1) is 16.1 Å². The summed E-state index contributed by atoms with van der Waals surface area (Å²) in [5, 5.41) is 9.55. The Morgan fingerprint density at radius 3 is 2.38 bits per heavy atom. The van der Waals surface area contributed by atoms with Crippen LogP contribution in [-0.2, 0) is 0 Å². The number of halogens is 4. The Kier molecular flexibility index (Phi) is 4.56. The molecule has 0 aliphatic heterocycles. The lowest BCUT2D eigenvalue weighted by molar-refractivity contribution is 0.0977. The van der Waals surface area contributed by atoms with Gasteiger partial charge < -0.3 is 0 Å². The van der Waals surface area contributed by atoms with Crippen molar-refractivity contribution in [3.8, 4) is 6.07 Å². The van der Waals surface area contributed by atoms with Gasteiger partial charge in [-0.15, -0.1) is 0 Å². The van der Waals surface area contributed by atoms with E-state index in [1.165, 1.54) is 18.2 Å². The average Bonchev–Trinajstić information content (AvgIpc) is 2.44. The van der Waals surface area contributed by atoms with Gasteiger partial charge in [-0.1, -0.05) is 29.3 Å². The highest BCUT2D eigenvalue weighted by Crippen LogP contribution is 2.27. The number of nitriles is 1. The van der Waals surface area contributed by atoms with Crippen LogP contribution in [0.3, 0.4) is 0 Å². The SMILES string of the molecule is N#CC(C(=O)c1ccc(Cl)c(Cl)c1)c1ccc(F)cc1F. The molecule has 0 fully saturated rings. The summed E-state index contributed by atoms with van der Waals surface area (Å²) in [6.45, 7) is 0. The van der Waals surface area contributed by atoms with Crippen molar-refractivity contribution in [3.63, 3.8) is 0 Å². The molecule has 6 heteroatoms. The molecule has 21 heavy (non-hydrogen) atoms. The van der Waals surface area contributed by atoms with Gasteiger partial charge in [0.1, 0.15) is 17.6 Å². The van der Waals surface area contributed by atoms with Crippen molar-refractivity contribution >= 4 is 29.0 Å². The summed E-state index contributed by atoms with van der Waals surface area (Å²) in [6.07, 6.45) is 0. The highest BCUT2D eigenvalue weighted by atomic mass is 35.5. The van der Waals surface area contributed by atoms with Crippen LogP contribution in [0.1, 0.15) is 21.8 Å². The number of carbonyl (C=O) groups excluding carboxylic acids is 1. The summed E-state index contributed by atoms with van der Waals surface area (Å²) in [5.41, 5.74) is -0.0605. The van der Waals surface area contributed by atoms with Gasteiger partial charge in [0.2, 0.25) is 0 Å². The molecule has 2 rings (SSSR count). The van der Waals surface area contributed by atoms with E-state index in [4.69, 9.17) is 28.5 Å². The Hall–Kier alpha value is -1.96. The lowest BCUT2D eigenvalue weighted by atomic mass is 9.91. The van der Waals surface area contributed by atoms with Gasteiger partial charge in [0, 0.05) is 17.2 Å². The van der Waals surface area contributed by atoms with Gasteiger partial charge in [-0.2, -0.15) is 5.26 Å². The minimum atomic E-state index is -1.39. The number of Topliss-reactive ketones (excluding diaryl/α,β-unsaturated/α-hetero) is 1. The minimum absolute atomic E-state index is 0.125. The fraction of sp³-hybridized carbons (Fsp3) is 0.0667. The van der Waals surface area contributed by atoms with Crippen molar-refractivity contribution in [2.45, 2.75) is 5.92 Å². The van der Waals surface area contributed by atoms with E-state index >= 15 is 0 Å². The Labute approximate surface area is 129 Å². The normalized spacial score (nSPS) is 11.8. The summed E-state index contributed by atoms with van der Waals surface area (Å²) >= 11 is 11.6. The summed E-state index contributed by atoms with van der Waals surface area (Å²) < 4.78 is 26.6. The van der Waals surface area contributed by atoms with E-state index in [0.717, 1.165) is 12.1 Å². The van der Waals surface area contributed by atoms with Crippen LogP contribution in [0.5, 0.6) is 0 Å². The molecule has 2 aromatic rings. The predicted octanol–water partition coefficient (Wildman–Crippen LogP) is 4.76. The number of hydrogen-bond acceptors (Lipinski definition) is 2. The van der Waals surface area contributed by atoms with E-state index in [-0.39, 0.29) is 21.2 Å². The molecule has 1 unspecified atom stereocenters. The first-order valence-corrected chi connectivity index (χ1v) is 6.53. The van der Waals surface area contributed by atoms with Crippen LogP contribution < -0.4 is 0 Å². The first-order valence-electron chi connectivity index (χ1n) is 5.78. The number of hydrogen-bond donors (Lipinski definition) is 0. The zero-order valence-electron chi connectivity index (χ0n) is 10.4. The molecule has 0 heterocycles. The zero-order valence-corrected chi connectivity index (χ0v) is 11.9. The summed E-state index contributed by atoms with van der Waals surface area (Å²) in [7, 11) is 0. The molecule has 0 N–H and O–H groups in total. The Morgan fingerprint density at radius 1 is 1.10 bits per heavy atom. The van der Waals surface area contributed by atoms with Crippen molar-refractivity contribution in [2.75, 3.05) is 0 Å². The summed E-state index contributed by atoms with van der Waals surface area (Å²) in [4.78, 5) is 12.3. The Balaban J connectivity index is 2.43. The fourth-order valence-corrected chi connectivity index (χ4v) is 2.12. The smallest absolute Gasteiger partial charge is 0.184 e. The molecule has 0 saturated carbocycles. The minimum Gasteiger partial charge on any atom is -0.292 e. The topological polar surface area (TPSA) is 40.9 Å². The molecule has 0 aliphatic carbocycles. The molecule has 0 spiro atoms. The molecule has 0 amide bonds. The molecule has 1 atom stereocenters. The van der Waals surface area contributed by atoms with Gasteiger partial charge >= 0.3 is 0 Å². The van der Waals surface area contributed by atoms with Gasteiger partial charge in [-0.25, -0.2) is 8.78 Å². The van der Waals surface area contributed by atoms with Crippen LogP contribution in [0.25, 0.3) is 0 Å². The Morgan fingerprint density at radius 2 is 1.81 bits per heavy atom. The second kappa shape index (κ2) is 6.21. The van der Waals surface area contributed by atoms with Gasteiger partial charge in [-0.05, 0) is 24.3 Å². The maximum atomic E-state index is 13.7. The van der Waals surface area contributed by atoms with Crippen LogP contribution in [0.2, 0.25) is 10.0 Å². The molecule has 0 bridgehead atoms. The van der Waals surface area contributed by atoms with Crippen LogP contribution in [0.15, 0.2) is 36.4 Å². The van der Waals surface area contributed by atoms with E-state index in [2.05, 4.69) is 0 Å². The highest BCUT2D eigenvalue weighted by Gasteiger charge is 2.25. The number of benzene rings is 2. The van der Waals surface area contributed by atoms with E-state index in [0.29, 0.717) is 6.07 Å².